The number of hydrogen-bond acceptors (Lipinski definition) is 5. The van der Waals surface area contributed by atoms with Gasteiger partial charge in [0.1, 0.15) is 11.6 Å². The Morgan fingerprint density at radius 3 is 2.41 bits per heavy atom. The number of nitrogens with zero attached hydrogens (tertiary/aromatic N) is 3. The Hall–Kier alpha value is -2.65. The molecule has 152 valence electrons. The zero-order valence-corrected chi connectivity index (χ0v) is 16.5. The third-order valence-electron chi connectivity index (χ3n) is 5.12. The van der Waals surface area contributed by atoms with Crippen molar-refractivity contribution in [3.05, 3.63) is 65.5 Å². The molecule has 1 aromatic heterocycles. The van der Waals surface area contributed by atoms with Gasteiger partial charge in [0.05, 0.1) is 4.90 Å². The summed E-state index contributed by atoms with van der Waals surface area (Å²) in [5.41, 5.74) is 0.915. The van der Waals surface area contributed by atoms with Gasteiger partial charge in [0.25, 0.3) is 5.89 Å². The Kier molecular flexibility index (Phi) is 5.18. The summed E-state index contributed by atoms with van der Waals surface area (Å²) in [6.45, 7) is 2.16. The molecule has 3 aromatic rings. The number of piperidine rings is 1. The van der Waals surface area contributed by atoms with Crippen LogP contribution in [0, 0.1) is 18.6 Å². The molecule has 2 heterocycles. The van der Waals surface area contributed by atoms with E-state index in [2.05, 4.69) is 10.1 Å². The van der Waals surface area contributed by atoms with Crippen molar-refractivity contribution in [2.45, 2.75) is 30.6 Å². The Morgan fingerprint density at radius 1 is 1.07 bits per heavy atom. The number of hydrogen-bond donors (Lipinski definition) is 0. The van der Waals surface area contributed by atoms with Gasteiger partial charge in [-0.3, -0.25) is 0 Å². The van der Waals surface area contributed by atoms with E-state index < -0.39 is 15.8 Å². The van der Waals surface area contributed by atoms with Crippen molar-refractivity contribution in [3.63, 3.8) is 0 Å². The molecule has 29 heavy (non-hydrogen) atoms. The first-order chi connectivity index (χ1) is 13.8. The van der Waals surface area contributed by atoms with Gasteiger partial charge < -0.3 is 4.52 Å². The molecule has 1 fully saturated rings. The highest BCUT2D eigenvalue weighted by Crippen LogP contribution is 2.31. The highest BCUT2D eigenvalue weighted by molar-refractivity contribution is 7.89. The molecule has 0 radical (unpaired) electrons. The largest absolute Gasteiger partial charge is 0.334 e. The number of halogens is 2. The van der Waals surface area contributed by atoms with E-state index in [1.165, 1.54) is 41.6 Å². The van der Waals surface area contributed by atoms with E-state index in [4.69, 9.17) is 4.52 Å². The monoisotopic (exact) mass is 419 g/mol. The van der Waals surface area contributed by atoms with Crippen molar-refractivity contribution in [2.24, 2.45) is 0 Å². The third kappa shape index (κ3) is 3.92. The summed E-state index contributed by atoms with van der Waals surface area (Å²) in [5.74, 6) is 0.000307. The van der Waals surface area contributed by atoms with E-state index in [9.17, 15) is 17.2 Å². The van der Waals surface area contributed by atoms with Crippen molar-refractivity contribution in [3.8, 4) is 11.5 Å². The van der Waals surface area contributed by atoms with Crippen LogP contribution < -0.4 is 0 Å². The minimum absolute atomic E-state index is 0.0330. The van der Waals surface area contributed by atoms with Crippen LogP contribution in [0.3, 0.4) is 0 Å². The van der Waals surface area contributed by atoms with Gasteiger partial charge in [-0.15, -0.1) is 0 Å². The number of rotatable bonds is 4. The maximum absolute atomic E-state index is 13.5. The summed E-state index contributed by atoms with van der Waals surface area (Å²) in [5, 5.41) is 4.02. The van der Waals surface area contributed by atoms with Crippen LogP contribution >= 0.6 is 0 Å². The maximum atomic E-state index is 13.5. The fourth-order valence-corrected chi connectivity index (χ4v) is 4.95. The van der Waals surface area contributed by atoms with Gasteiger partial charge in [-0.2, -0.15) is 9.29 Å². The first-order valence-corrected chi connectivity index (χ1v) is 10.6. The van der Waals surface area contributed by atoms with Crippen LogP contribution in [0.2, 0.25) is 0 Å². The third-order valence-corrected chi connectivity index (χ3v) is 7.01. The van der Waals surface area contributed by atoms with Crippen molar-refractivity contribution < 1.29 is 21.7 Å². The minimum Gasteiger partial charge on any atom is -0.334 e. The van der Waals surface area contributed by atoms with E-state index in [1.54, 1.807) is 12.1 Å². The summed E-state index contributed by atoms with van der Waals surface area (Å²) in [4.78, 5) is 4.48. The number of aromatic nitrogens is 2. The molecule has 4 rings (SSSR count). The molecule has 9 heteroatoms. The van der Waals surface area contributed by atoms with Crippen molar-refractivity contribution >= 4 is 10.0 Å². The van der Waals surface area contributed by atoms with Gasteiger partial charge >= 0.3 is 0 Å². The Labute approximate surface area is 167 Å². The van der Waals surface area contributed by atoms with Crippen LogP contribution in [0.25, 0.3) is 11.5 Å². The molecule has 0 amide bonds. The zero-order chi connectivity index (χ0) is 20.6. The average Bonchev–Trinajstić information content (AvgIpc) is 3.21. The van der Waals surface area contributed by atoms with Gasteiger partial charge in [-0.1, -0.05) is 5.16 Å². The second kappa shape index (κ2) is 7.64. The smallest absolute Gasteiger partial charge is 0.257 e. The number of aryl methyl sites for hydroxylation is 1. The first kappa shape index (κ1) is 19.7. The SMILES string of the molecule is Cc1cc(S(=O)(=O)N2CCC(c3noc(-c4ccc(F)cc4)n3)CC2)ccc1F. The Morgan fingerprint density at radius 2 is 1.76 bits per heavy atom. The Bertz CT molecular complexity index is 1120. The molecule has 6 nitrogen and oxygen atoms in total. The van der Waals surface area contributed by atoms with Crippen LogP contribution in [0.5, 0.6) is 0 Å². The minimum atomic E-state index is -3.68. The lowest BCUT2D eigenvalue weighted by Crippen LogP contribution is -2.38. The number of sulfonamides is 1. The quantitative estimate of drug-likeness (QED) is 0.641. The van der Waals surface area contributed by atoms with Crippen LogP contribution in [0.1, 0.15) is 30.1 Å². The van der Waals surface area contributed by atoms with Gasteiger partial charge in [0, 0.05) is 24.6 Å². The van der Waals surface area contributed by atoms with E-state index >= 15 is 0 Å². The molecule has 0 spiro atoms. The molecular formula is C20H19F2N3O3S. The lowest BCUT2D eigenvalue weighted by Gasteiger charge is -2.29. The summed E-state index contributed by atoms with van der Waals surface area (Å²) in [7, 11) is -3.68. The lowest BCUT2D eigenvalue weighted by molar-refractivity contribution is 0.307. The average molecular weight is 419 g/mol. The van der Waals surface area contributed by atoms with Crippen LogP contribution in [-0.2, 0) is 10.0 Å². The topological polar surface area (TPSA) is 76.3 Å². The molecule has 0 atom stereocenters. The summed E-state index contributed by atoms with van der Waals surface area (Å²) < 4.78 is 58.9. The molecule has 0 aliphatic carbocycles. The second-order valence-electron chi connectivity index (χ2n) is 7.05. The normalized spacial score (nSPS) is 16.2. The maximum Gasteiger partial charge on any atom is 0.257 e. The first-order valence-electron chi connectivity index (χ1n) is 9.20. The predicted octanol–water partition coefficient (Wildman–Crippen LogP) is 3.89. The molecule has 1 aliphatic heterocycles. The van der Waals surface area contributed by atoms with Crippen molar-refractivity contribution in [1.82, 2.24) is 14.4 Å². The van der Waals surface area contributed by atoms with Gasteiger partial charge in [-0.05, 0) is 67.8 Å². The van der Waals surface area contributed by atoms with Gasteiger partial charge in [-0.25, -0.2) is 17.2 Å². The van der Waals surface area contributed by atoms with E-state index in [0.29, 0.717) is 48.8 Å². The Balaban J connectivity index is 1.45. The summed E-state index contributed by atoms with van der Waals surface area (Å²) >= 11 is 0. The summed E-state index contributed by atoms with van der Waals surface area (Å²) in [6, 6.07) is 9.58. The van der Waals surface area contributed by atoms with E-state index in [1.807, 2.05) is 0 Å². The number of benzene rings is 2. The van der Waals surface area contributed by atoms with Crippen LogP contribution in [0.15, 0.2) is 51.9 Å². The predicted molar refractivity (Wildman–Crippen MR) is 102 cm³/mol. The molecular weight excluding hydrogens is 400 g/mol. The van der Waals surface area contributed by atoms with Crippen molar-refractivity contribution in [2.75, 3.05) is 13.1 Å². The second-order valence-corrected chi connectivity index (χ2v) is 8.99. The molecule has 0 N–H and O–H groups in total. The molecule has 2 aromatic carbocycles. The fourth-order valence-electron chi connectivity index (χ4n) is 3.39. The molecule has 0 saturated carbocycles. The van der Waals surface area contributed by atoms with E-state index in [-0.39, 0.29) is 16.6 Å². The van der Waals surface area contributed by atoms with Crippen LogP contribution in [0.4, 0.5) is 8.78 Å². The highest BCUT2D eigenvalue weighted by atomic mass is 32.2. The molecule has 0 bridgehead atoms. The van der Waals surface area contributed by atoms with Gasteiger partial charge in [0.2, 0.25) is 10.0 Å². The molecule has 0 unspecified atom stereocenters. The molecule has 1 aliphatic rings. The lowest BCUT2D eigenvalue weighted by atomic mass is 9.97. The fraction of sp³-hybridized carbons (Fsp3) is 0.300. The summed E-state index contributed by atoms with van der Waals surface area (Å²) in [6.07, 6.45) is 1.09. The zero-order valence-electron chi connectivity index (χ0n) is 15.7. The van der Waals surface area contributed by atoms with Crippen molar-refractivity contribution in [1.29, 1.82) is 0 Å². The van der Waals surface area contributed by atoms with Gasteiger partial charge in [0.15, 0.2) is 5.82 Å². The standard InChI is InChI=1S/C20H19F2N3O3S/c1-13-12-17(6-7-18(13)22)29(26,27)25-10-8-14(9-11-25)19-23-20(28-24-19)15-2-4-16(21)5-3-15/h2-7,12,14H,8-11H2,1H3. The highest BCUT2D eigenvalue weighted by Gasteiger charge is 2.32. The molecule has 1 saturated heterocycles. The van der Waals surface area contributed by atoms with Crippen LogP contribution in [-0.4, -0.2) is 36.0 Å². The van der Waals surface area contributed by atoms with E-state index in [0.717, 1.165) is 0 Å².